The molecule has 9 heteroatoms. The van der Waals surface area contributed by atoms with Crippen molar-refractivity contribution in [1.82, 2.24) is 5.32 Å². The number of carbonyl (C=O) groups excluding carboxylic acids is 4. The molecule has 1 heterocycles. The average molecular weight is 605 g/mol. The van der Waals surface area contributed by atoms with Crippen molar-refractivity contribution >= 4 is 29.3 Å². The quantitative estimate of drug-likeness (QED) is 0.130. The van der Waals surface area contributed by atoms with Gasteiger partial charge in [0.2, 0.25) is 5.91 Å². The number of amides is 2. The number of hydrogen-bond acceptors (Lipinski definition) is 8. The zero-order chi connectivity index (χ0) is 31.5. The van der Waals surface area contributed by atoms with Crippen molar-refractivity contribution in [1.29, 1.82) is 0 Å². The maximum absolute atomic E-state index is 13.1. The molecule has 0 spiro atoms. The summed E-state index contributed by atoms with van der Waals surface area (Å²) in [5, 5.41) is 3.17. The van der Waals surface area contributed by atoms with Crippen LogP contribution in [0, 0.1) is 0 Å². The second-order valence-corrected chi connectivity index (χ2v) is 11.0. The summed E-state index contributed by atoms with van der Waals surface area (Å²) in [6.07, 6.45) is 1.42. The maximum atomic E-state index is 13.1. The molecule has 6 rings (SSSR count). The lowest BCUT2D eigenvalue weighted by molar-refractivity contribution is -0.121. The molecular weight excluding hydrogens is 572 g/mol. The van der Waals surface area contributed by atoms with Gasteiger partial charge in [-0.05, 0) is 89.7 Å². The number of anilines is 1. The summed E-state index contributed by atoms with van der Waals surface area (Å²) in [7, 11) is 3.15. The standard InChI is InChI=1S/C36H32N2O7/c1-43-32-14-7-22(17-33(32)44-2)15-16-37-30-20-34(40)38(35(30)41)27-11-8-23(9-12-27)36(42)45-21-31(39)25-10-13-29-26(19-25)18-24-5-3-4-6-28(24)29/h3-14,17,19,30,37H,15-16,18,20-21H2,1-2H3. The van der Waals surface area contributed by atoms with Gasteiger partial charge in [-0.25, -0.2) is 9.69 Å². The second-order valence-electron chi connectivity index (χ2n) is 11.0. The Kier molecular flexibility index (Phi) is 8.44. The van der Waals surface area contributed by atoms with E-state index in [2.05, 4.69) is 17.4 Å². The van der Waals surface area contributed by atoms with Crippen molar-refractivity contribution in [2.24, 2.45) is 0 Å². The third-order valence-electron chi connectivity index (χ3n) is 8.21. The molecule has 1 N–H and O–H groups in total. The Morgan fingerprint density at radius 3 is 2.33 bits per heavy atom. The van der Waals surface area contributed by atoms with E-state index >= 15 is 0 Å². The van der Waals surface area contributed by atoms with Crippen molar-refractivity contribution in [3.63, 3.8) is 0 Å². The summed E-state index contributed by atoms with van der Waals surface area (Å²) in [6, 6.07) is 24.7. The fourth-order valence-corrected chi connectivity index (χ4v) is 5.85. The molecule has 45 heavy (non-hydrogen) atoms. The molecule has 4 aromatic rings. The number of esters is 1. The summed E-state index contributed by atoms with van der Waals surface area (Å²) in [5.41, 5.74) is 6.65. The van der Waals surface area contributed by atoms with Gasteiger partial charge in [0.25, 0.3) is 5.91 Å². The van der Waals surface area contributed by atoms with E-state index in [4.69, 9.17) is 14.2 Å². The van der Waals surface area contributed by atoms with Crippen LogP contribution in [0.2, 0.25) is 0 Å². The van der Waals surface area contributed by atoms with Crippen LogP contribution in [-0.2, 0) is 27.2 Å². The van der Waals surface area contributed by atoms with E-state index in [-0.39, 0.29) is 29.6 Å². The largest absolute Gasteiger partial charge is 0.493 e. The Balaban J connectivity index is 1.01. The minimum Gasteiger partial charge on any atom is -0.493 e. The zero-order valence-electron chi connectivity index (χ0n) is 25.0. The third kappa shape index (κ3) is 6.07. The molecular formula is C36H32N2O7. The van der Waals surface area contributed by atoms with Gasteiger partial charge in [-0.2, -0.15) is 0 Å². The van der Waals surface area contributed by atoms with Crippen molar-refractivity contribution in [3.05, 3.63) is 113 Å². The molecule has 0 radical (unpaired) electrons. The first-order valence-electron chi connectivity index (χ1n) is 14.7. The molecule has 2 amide bonds. The highest BCUT2D eigenvalue weighted by molar-refractivity contribution is 6.22. The first-order chi connectivity index (χ1) is 21.9. The molecule has 1 aliphatic carbocycles. The molecule has 1 aliphatic heterocycles. The minimum absolute atomic E-state index is 0.0332. The van der Waals surface area contributed by atoms with Crippen LogP contribution in [0.25, 0.3) is 11.1 Å². The molecule has 228 valence electrons. The Morgan fingerprint density at radius 1 is 0.822 bits per heavy atom. The van der Waals surface area contributed by atoms with Gasteiger partial charge >= 0.3 is 5.97 Å². The average Bonchev–Trinajstić information content (AvgIpc) is 3.58. The minimum atomic E-state index is -0.669. The first-order valence-corrected chi connectivity index (χ1v) is 14.7. The molecule has 0 aromatic heterocycles. The van der Waals surface area contributed by atoms with Crippen LogP contribution in [0.15, 0.2) is 84.9 Å². The number of nitrogens with one attached hydrogen (secondary N) is 1. The van der Waals surface area contributed by atoms with E-state index in [1.54, 1.807) is 20.3 Å². The van der Waals surface area contributed by atoms with Gasteiger partial charge in [-0.1, -0.05) is 42.5 Å². The number of methoxy groups -OCH3 is 2. The predicted molar refractivity (Wildman–Crippen MR) is 168 cm³/mol. The number of fused-ring (bicyclic) bond motifs is 3. The third-order valence-corrected chi connectivity index (χ3v) is 8.21. The lowest BCUT2D eigenvalue weighted by atomic mass is 10.0. The fraction of sp³-hybridized carbons (Fsp3) is 0.222. The molecule has 1 atom stereocenters. The number of benzene rings is 4. The van der Waals surface area contributed by atoms with Crippen LogP contribution in [0.4, 0.5) is 5.69 Å². The number of ether oxygens (including phenoxy) is 3. The van der Waals surface area contributed by atoms with Crippen molar-refractivity contribution in [2.45, 2.75) is 25.3 Å². The van der Waals surface area contributed by atoms with E-state index < -0.39 is 18.6 Å². The molecule has 1 saturated heterocycles. The van der Waals surface area contributed by atoms with Crippen LogP contribution in [0.1, 0.15) is 43.8 Å². The van der Waals surface area contributed by atoms with Crippen LogP contribution in [0.3, 0.4) is 0 Å². The number of nitrogens with zero attached hydrogens (tertiary/aromatic N) is 1. The van der Waals surface area contributed by atoms with Crippen LogP contribution < -0.4 is 19.7 Å². The Morgan fingerprint density at radius 2 is 1.56 bits per heavy atom. The molecule has 1 unspecified atom stereocenters. The lowest BCUT2D eigenvalue weighted by Crippen LogP contribution is -2.39. The predicted octanol–water partition coefficient (Wildman–Crippen LogP) is 4.78. The zero-order valence-corrected chi connectivity index (χ0v) is 25.0. The van der Waals surface area contributed by atoms with E-state index in [9.17, 15) is 19.2 Å². The van der Waals surface area contributed by atoms with Gasteiger partial charge in [0, 0.05) is 5.56 Å². The Bertz CT molecular complexity index is 1800. The summed E-state index contributed by atoms with van der Waals surface area (Å²) >= 11 is 0. The lowest BCUT2D eigenvalue weighted by Gasteiger charge is -2.16. The summed E-state index contributed by atoms with van der Waals surface area (Å²) in [4.78, 5) is 52.5. The highest BCUT2D eigenvalue weighted by atomic mass is 16.5. The summed E-state index contributed by atoms with van der Waals surface area (Å²) in [5.74, 6) is -0.393. The molecule has 2 aliphatic rings. The normalized spacial score (nSPS) is 15.1. The molecule has 0 saturated carbocycles. The number of ketones is 1. The number of imide groups is 1. The monoisotopic (exact) mass is 604 g/mol. The van der Waals surface area contributed by atoms with Crippen molar-refractivity contribution < 1.29 is 33.4 Å². The van der Waals surface area contributed by atoms with Gasteiger partial charge in [0.15, 0.2) is 23.9 Å². The van der Waals surface area contributed by atoms with E-state index in [0.29, 0.717) is 35.7 Å². The maximum Gasteiger partial charge on any atom is 0.338 e. The Labute approximate surface area is 260 Å². The highest BCUT2D eigenvalue weighted by Crippen LogP contribution is 2.36. The molecule has 0 bridgehead atoms. The van der Waals surface area contributed by atoms with Crippen LogP contribution in [-0.4, -0.2) is 57.0 Å². The highest BCUT2D eigenvalue weighted by Gasteiger charge is 2.39. The summed E-state index contributed by atoms with van der Waals surface area (Å²) < 4.78 is 15.9. The van der Waals surface area contributed by atoms with Gasteiger partial charge in [0.05, 0.1) is 37.9 Å². The van der Waals surface area contributed by atoms with Crippen molar-refractivity contribution in [2.75, 3.05) is 32.3 Å². The van der Waals surface area contributed by atoms with Crippen molar-refractivity contribution in [3.8, 4) is 22.6 Å². The van der Waals surface area contributed by atoms with E-state index in [1.807, 2.05) is 42.5 Å². The topological polar surface area (TPSA) is 111 Å². The molecule has 4 aromatic carbocycles. The van der Waals surface area contributed by atoms with E-state index in [0.717, 1.165) is 28.0 Å². The van der Waals surface area contributed by atoms with Gasteiger partial charge in [0.1, 0.15) is 0 Å². The first kappa shape index (κ1) is 29.8. The number of carbonyl (C=O) groups is 4. The van der Waals surface area contributed by atoms with Gasteiger partial charge in [-0.15, -0.1) is 0 Å². The number of Topliss-reactive ketones (excluding diaryl/α,β-unsaturated/α-hetero) is 1. The Hall–Kier alpha value is -5.28. The van der Waals surface area contributed by atoms with E-state index in [1.165, 1.54) is 35.4 Å². The van der Waals surface area contributed by atoms with Gasteiger partial charge in [-0.3, -0.25) is 14.4 Å². The van der Waals surface area contributed by atoms with Crippen LogP contribution in [0.5, 0.6) is 11.5 Å². The molecule has 9 nitrogen and oxygen atoms in total. The van der Waals surface area contributed by atoms with Crippen LogP contribution >= 0.6 is 0 Å². The molecule has 1 fully saturated rings. The summed E-state index contributed by atoms with van der Waals surface area (Å²) in [6.45, 7) is 0.0850. The second kappa shape index (κ2) is 12.8. The smallest absolute Gasteiger partial charge is 0.338 e. The fourth-order valence-electron chi connectivity index (χ4n) is 5.85. The van der Waals surface area contributed by atoms with Gasteiger partial charge < -0.3 is 19.5 Å². The number of hydrogen-bond donors (Lipinski definition) is 1. The SMILES string of the molecule is COc1ccc(CCNC2CC(=O)N(c3ccc(C(=O)OCC(=O)c4ccc5c(c4)Cc4ccccc4-5)cc3)C2=O)cc1OC. The number of rotatable bonds is 11.